The summed E-state index contributed by atoms with van der Waals surface area (Å²) in [5, 5.41) is 10.7. The number of halogens is 2. The van der Waals surface area contributed by atoms with Crippen LogP contribution in [0.3, 0.4) is 0 Å². The first-order chi connectivity index (χ1) is 13.1. The Morgan fingerprint density at radius 2 is 2.00 bits per heavy atom. The zero-order chi connectivity index (χ0) is 18.8. The fourth-order valence-corrected chi connectivity index (χ4v) is 3.38. The minimum absolute atomic E-state index is 0.110. The summed E-state index contributed by atoms with van der Waals surface area (Å²) in [4.78, 5) is 12.4. The molecule has 5 nitrogen and oxygen atoms in total. The molecule has 4 rings (SSSR count). The van der Waals surface area contributed by atoms with Crippen molar-refractivity contribution >= 4 is 22.6 Å². The Kier molecular flexibility index (Phi) is 4.85. The number of aromatic amines is 1. The highest BCUT2D eigenvalue weighted by Crippen LogP contribution is 2.25. The van der Waals surface area contributed by atoms with Gasteiger partial charge in [0.2, 0.25) is 5.91 Å². The van der Waals surface area contributed by atoms with Crippen molar-refractivity contribution in [3.63, 3.8) is 0 Å². The van der Waals surface area contributed by atoms with Crippen molar-refractivity contribution in [1.82, 2.24) is 10.2 Å². The highest BCUT2D eigenvalue weighted by molar-refractivity contribution is 6.00. The normalized spacial score (nSPS) is 17.2. The van der Waals surface area contributed by atoms with E-state index < -0.39 is 11.6 Å². The summed E-state index contributed by atoms with van der Waals surface area (Å²) < 4.78 is 32.2. The highest BCUT2D eigenvalue weighted by atomic mass is 19.1. The molecule has 1 unspecified atom stereocenters. The van der Waals surface area contributed by atoms with Crippen LogP contribution in [0.2, 0.25) is 0 Å². The molecular formula is C20H19F2N3O2. The van der Waals surface area contributed by atoms with E-state index in [-0.39, 0.29) is 11.8 Å². The molecule has 0 radical (unpaired) electrons. The molecule has 2 heterocycles. The van der Waals surface area contributed by atoms with Gasteiger partial charge >= 0.3 is 0 Å². The smallest absolute Gasteiger partial charge is 0.231 e. The average molecular weight is 371 g/mol. The molecule has 0 spiro atoms. The number of aromatic nitrogens is 2. The number of hydrogen-bond acceptors (Lipinski definition) is 3. The molecule has 1 saturated heterocycles. The number of nitrogens with one attached hydrogen (secondary N) is 2. The summed E-state index contributed by atoms with van der Waals surface area (Å²) in [5.41, 5.74) is 2.19. The number of rotatable bonds is 4. The van der Waals surface area contributed by atoms with Crippen molar-refractivity contribution in [2.24, 2.45) is 5.92 Å². The Morgan fingerprint density at radius 1 is 1.19 bits per heavy atom. The van der Waals surface area contributed by atoms with Crippen LogP contribution in [0.1, 0.15) is 24.0 Å². The molecule has 1 aromatic heterocycles. The van der Waals surface area contributed by atoms with E-state index in [4.69, 9.17) is 4.74 Å². The zero-order valence-electron chi connectivity index (χ0n) is 14.6. The predicted molar refractivity (Wildman–Crippen MR) is 97.4 cm³/mol. The molecule has 0 aliphatic carbocycles. The van der Waals surface area contributed by atoms with E-state index in [9.17, 15) is 13.6 Å². The van der Waals surface area contributed by atoms with Crippen LogP contribution in [-0.4, -0.2) is 29.3 Å². The van der Waals surface area contributed by atoms with E-state index in [1.54, 1.807) is 0 Å². The first-order valence-corrected chi connectivity index (χ1v) is 8.89. The maximum atomic E-state index is 13.4. The summed E-state index contributed by atoms with van der Waals surface area (Å²) in [6.45, 7) is 1.11. The Bertz CT molecular complexity index is 960. The van der Waals surface area contributed by atoms with E-state index in [2.05, 4.69) is 15.5 Å². The van der Waals surface area contributed by atoms with Gasteiger partial charge in [-0.25, -0.2) is 8.78 Å². The lowest BCUT2D eigenvalue weighted by Gasteiger charge is -2.20. The van der Waals surface area contributed by atoms with Gasteiger partial charge in [-0.15, -0.1) is 0 Å². The quantitative estimate of drug-likeness (QED) is 0.733. The van der Waals surface area contributed by atoms with Gasteiger partial charge in [-0.3, -0.25) is 9.89 Å². The van der Waals surface area contributed by atoms with Crippen molar-refractivity contribution in [3.05, 3.63) is 59.2 Å². The third kappa shape index (κ3) is 3.98. The number of anilines is 1. The van der Waals surface area contributed by atoms with E-state index in [0.717, 1.165) is 35.4 Å². The zero-order valence-corrected chi connectivity index (χ0v) is 14.6. The number of carbonyl (C=O) groups excluding carboxylic acids is 1. The number of carbonyl (C=O) groups is 1. The molecule has 1 aliphatic rings. The fourth-order valence-electron chi connectivity index (χ4n) is 3.38. The van der Waals surface area contributed by atoms with Crippen molar-refractivity contribution < 1.29 is 18.3 Å². The molecule has 1 fully saturated rings. The van der Waals surface area contributed by atoms with Gasteiger partial charge in [-0.2, -0.15) is 5.10 Å². The van der Waals surface area contributed by atoms with E-state index in [1.165, 1.54) is 12.1 Å². The lowest BCUT2D eigenvalue weighted by Crippen LogP contribution is -2.30. The molecule has 1 amide bonds. The molecule has 7 heteroatoms. The van der Waals surface area contributed by atoms with Crippen LogP contribution in [0.25, 0.3) is 10.9 Å². The van der Waals surface area contributed by atoms with Crippen LogP contribution in [-0.2, 0) is 16.0 Å². The molecule has 1 atom stereocenters. The first kappa shape index (κ1) is 17.6. The first-order valence-electron chi connectivity index (χ1n) is 8.89. The van der Waals surface area contributed by atoms with Crippen LogP contribution in [0, 0.1) is 17.6 Å². The lowest BCUT2D eigenvalue weighted by molar-refractivity contribution is -0.123. The van der Waals surface area contributed by atoms with E-state index >= 15 is 0 Å². The molecule has 27 heavy (non-hydrogen) atoms. The number of benzene rings is 2. The minimum atomic E-state index is -0.600. The molecule has 140 valence electrons. The summed E-state index contributed by atoms with van der Waals surface area (Å²) in [5.74, 6) is -1.04. The van der Waals surface area contributed by atoms with Gasteiger partial charge < -0.3 is 10.1 Å². The van der Waals surface area contributed by atoms with Crippen LogP contribution in [0.15, 0.2) is 36.4 Å². The standard InChI is InChI=1S/C20H19F2N3O2/c21-15-7-13(8-16(22)10-15)6-12-3-4-18-17(9-12)19(25-24-18)23-20(26)14-2-1-5-27-11-14/h3-4,7-10,14H,1-2,5-6,11H2,(H2,23,24,25,26). The van der Waals surface area contributed by atoms with Gasteiger partial charge in [0.15, 0.2) is 5.82 Å². The van der Waals surface area contributed by atoms with E-state index in [0.29, 0.717) is 31.0 Å². The summed E-state index contributed by atoms with van der Waals surface area (Å²) in [7, 11) is 0. The molecule has 0 bridgehead atoms. The molecule has 3 aromatic rings. The van der Waals surface area contributed by atoms with Crippen LogP contribution < -0.4 is 5.32 Å². The monoisotopic (exact) mass is 371 g/mol. The van der Waals surface area contributed by atoms with Gasteiger partial charge in [0.1, 0.15) is 11.6 Å². The summed E-state index contributed by atoms with van der Waals surface area (Å²) in [6.07, 6.45) is 2.04. The van der Waals surface area contributed by atoms with E-state index in [1.807, 2.05) is 18.2 Å². The summed E-state index contributed by atoms with van der Waals surface area (Å²) >= 11 is 0. The van der Waals surface area contributed by atoms with Crippen molar-refractivity contribution in [2.75, 3.05) is 18.5 Å². The second-order valence-corrected chi connectivity index (χ2v) is 6.81. The Morgan fingerprint density at radius 3 is 2.74 bits per heavy atom. The second-order valence-electron chi connectivity index (χ2n) is 6.81. The summed E-state index contributed by atoms with van der Waals surface area (Å²) in [6, 6.07) is 9.05. The number of H-pyrrole nitrogens is 1. The van der Waals surface area contributed by atoms with Crippen LogP contribution >= 0.6 is 0 Å². The largest absolute Gasteiger partial charge is 0.381 e. The Labute approximate surface area is 154 Å². The maximum Gasteiger partial charge on any atom is 0.231 e. The Balaban J connectivity index is 1.56. The lowest BCUT2D eigenvalue weighted by atomic mass is 10.0. The number of ether oxygens (including phenoxy) is 1. The molecular weight excluding hydrogens is 352 g/mol. The van der Waals surface area contributed by atoms with Crippen molar-refractivity contribution in [1.29, 1.82) is 0 Å². The van der Waals surface area contributed by atoms with Crippen LogP contribution in [0.5, 0.6) is 0 Å². The molecule has 2 aromatic carbocycles. The number of amides is 1. The predicted octanol–water partition coefficient (Wildman–Crippen LogP) is 3.80. The molecule has 0 saturated carbocycles. The second kappa shape index (κ2) is 7.44. The van der Waals surface area contributed by atoms with Crippen molar-refractivity contribution in [2.45, 2.75) is 19.3 Å². The number of fused-ring (bicyclic) bond motifs is 1. The van der Waals surface area contributed by atoms with Gasteiger partial charge in [-0.1, -0.05) is 6.07 Å². The third-order valence-electron chi connectivity index (χ3n) is 4.73. The highest BCUT2D eigenvalue weighted by Gasteiger charge is 2.23. The van der Waals surface area contributed by atoms with Crippen molar-refractivity contribution in [3.8, 4) is 0 Å². The maximum absolute atomic E-state index is 13.4. The fraction of sp³-hybridized carbons (Fsp3) is 0.300. The number of hydrogen-bond donors (Lipinski definition) is 2. The average Bonchev–Trinajstić information content (AvgIpc) is 3.04. The Hall–Kier alpha value is -2.80. The third-order valence-corrected chi connectivity index (χ3v) is 4.73. The topological polar surface area (TPSA) is 67.0 Å². The van der Waals surface area contributed by atoms with Crippen LogP contribution in [0.4, 0.5) is 14.6 Å². The molecule has 1 aliphatic heterocycles. The SMILES string of the molecule is O=C(Nc1n[nH]c2ccc(Cc3cc(F)cc(F)c3)cc12)C1CCCOC1. The minimum Gasteiger partial charge on any atom is -0.381 e. The van der Waals surface area contributed by atoms with Gasteiger partial charge in [0.25, 0.3) is 0 Å². The van der Waals surface area contributed by atoms with Gasteiger partial charge in [0.05, 0.1) is 18.0 Å². The van der Waals surface area contributed by atoms with Gasteiger partial charge in [-0.05, 0) is 54.7 Å². The number of nitrogens with zero attached hydrogens (tertiary/aromatic N) is 1. The van der Waals surface area contributed by atoms with Gasteiger partial charge in [0, 0.05) is 18.1 Å². The molecule has 2 N–H and O–H groups in total.